The van der Waals surface area contributed by atoms with Gasteiger partial charge in [0.25, 0.3) is 0 Å². The number of allylic oxidation sites excluding steroid dienone is 4. The molecule has 0 fully saturated rings. The number of carbonyl (C=O) groups is 4. The van der Waals surface area contributed by atoms with Crippen LogP contribution in [0.1, 0.15) is 313 Å². The number of benzene rings is 2. The summed E-state index contributed by atoms with van der Waals surface area (Å²) in [6, 6.07) is 11.9. The number of esters is 2. The number of carbonyl (C=O) groups excluding carboxylic acids is 4. The molecule has 0 unspecified atom stereocenters. The Hall–Kier alpha value is -3.40. The van der Waals surface area contributed by atoms with Crippen LogP contribution in [-0.4, -0.2) is 61.0 Å². The van der Waals surface area contributed by atoms with Gasteiger partial charge in [0.05, 0.1) is 36.3 Å². The van der Waals surface area contributed by atoms with Gasteiger partial charge < -0.3 is 29.3 Å². The molecule has 0 aliphatic carbocycles. The first-order valence-electron chi connectivity index (χ1n) is 30.0. The summed E-state index contributed by atoms with van der Waals surface area (Å²) in [4.78, 5) is 46.0. The van der Waals surface area contributed by atoms with Crippen LogP contribution in [0.4, 0.5) is 0 Å². The van der Waals surface area contributed by atoms with E-state index < -0.39 is 23.9 Å². The Labute approximate surface area is 477 Å². The van der Waals surface area contributed by atoms with Crippen LogP contribution in [0.5, 0.6) is 0 Å². The number of rotatable bonds is 44. The monoisotopic (exact) mass is 1150 g/mol. The van der Waals surface area contributed by atoms with Gasteiger partial charge in [-0.15, -0.1) is 0 Å². The standard InChI is InChI=1S/2C25H38O4.2C8H17.Sn/c2*1-2-3-4-5-6-7-8-9-10-11-12-13-14-15-18-21-29-25(28)23-20-17-16-19-22(23)24(26)27;2*1-3-5-7-8-6-4-2;/h2*12-13,16-17,19-20H,2-11,14-15,18,21H2,1H3,(H,26,27);2*1,3-8H2,2H3;/q;;;;+2/p-2/b2*13-12+;;;. The van der Waals surface area contributed by atoms with Crippen LogP contribution in [0, 0.1) is 13.8 Å². The Balaban J connectivity index is -0.00000106. The third-order valence-electron chi connectivity index (χ3n) is 12.7. The minimum atomic E-state index is -1.37. The van der Waals surface area contributed by atoms with Crippen molar-refractivity contribution < 1.29 is 38.9 Å². The third kappa shape index (κ3) is 51.1. The summed E-state index contributed by atoms with van der Waals surface area (Å²) in [5.41, 5.74) is -0.157. The number of hydrogen-bond donors (Lipinski definition) is 0. The summed E-state index contributed by atoms with van der Waals surface area (Å²) in [6.07, 6.45) is 56.9. The first kappa shape index (κ1) is 75.8. The van der Waals surface area contributed by atoms with Crippen LogP contribution in [0.15, 0.2) is 72.8 Å². The average Bonchev–Trinajstić information content (AvgIpc) is 3.41. The fraction of sp³-hybridized carbons (Fsp3) is 0.667. The Bertz CT molecular complexity index is 1510. The quantitative estimate of drug-likeness (QED) is 0.0277. The SMILES string of the molecule is CCCCCCCCCCC/C=C/CCCCOC(=O)c1ccccc1C(=O)[O-].CCCCCCCCCCC/C=C/CCCCOC(=O)c1ccccc1C(=O)[O-].[CH2]CCCCCCC.[CH2]CCCCCCC.[Sn+2]. The molecule has 0 heterocycles. The van der Waals surface area contributed by atoms with Gasteiger partial charge >= 0.3 is 35.8 Å². The summed E-state index contributed by atoms with van der Waals surface area (Å²) in [5.74, 6) is -3.94. The van der Waals surface area contributed by atoms with E-state index in [0.717, 1.165) is 64.2 Å². The van der Waals surface area contributed by atoms with Crippen LogP contribution < -0.4 is 10.2 Å². The Morgan fingerprint density at radius 1 is 0.360 bits per heavy atom. The molecule has 8 nitrogen and oxygen atoms in total. The van der Waals surface area contributed by atoms with Gasteiger partial charge in [-0.1, -0.05) is 282 Å². The second-order valence-electron chi connectivity index (χ2n) is 19.6. The van der Waals surface area contributed by atoms with Gasteiger partial charge in [0.1, 0.15) is 0 Å². The fourth-order valence-electron chi connectivity index (χ4n) is 8.07. The van der Waals surface area contributed by atoms with E-state index in [1.807, 2.05) is 0 Å². The van der Waals surface area contributed by atoms with Crippen LogP contribution in [-0.2, 0) is 9.47 Å². The van der Waals surface area contributed by atoms with E-state index >= 15 is 0 Å². The van der Waals surface area contributed by atoms with Crippen molar-refractivity contribution in [2.24, 2.45) is 0 Å². The van der Waals surface area contributed by atoms with Gasteiger partial charge in [0.15, 0.2) is 0 Å². The molecule has 0 aliphatic rings. The predicted molar refractivity (Wildman–Crippen MR) is 315 cm³/mol. The normalized spacial score (nSPS) is 10.6. The molecular formula is C66H108O8Sn. The van der Waals surface area contributed by atoms with Gasteiger partial charge in [-0.2, -0.15) is 0 Å². The van der Waals surface area contributed by atoms with E-state index in [1.54, 1.807) is 24.3 Å². The summed E-state index contributed by atoms with van der Waals surface area (Å²) >= 11 is 0. The molecule has 2 rings (SSSR count). The maximum atomic E-state index is 12.0. The molecule has 0 bridgehead atoms. The maximum absolute atomic E-state index is 12.0. The molecule has 0 atom stereocenters. The summed E-state index contributed by atoms with van der Waals surface area (Å²) < 4.78 is 10.4. The van der Waals surface area contributed by atoms with Crippen LogP contribution in [0.3, 0.4) is 0 Å². The zero-order valence-electron chi connectivity index (χ0n) is 48.4. The number of carboxylic acid groups (broad SMARTS) is 2. The van der Waals surface area contributed by atoms with Crippen LogP contribution in [0.2, 0.25) is 0 Å². The van der Waals surface area contributed by atoms with Crippen molar-refractivity contribution in [2.45, 2.75) is 272 Å². The van der Waals surface area contributed by atoms with Crippen molar-refractivity contribution in [1.29, 1.82) is 0 Å². The van der Waals surface area contributed by atoms with Crippen molar-refractivity contribution in [1.82, 2.24) is 0 Å². The predicted octanol–water partition coefficient (Wildman–Crippen LogP) is 17.7. The average molecular weight is 1150 g/mol. The third-order valence-corrected chi connectivity index (χ3v) is 12.7. The molecule has 75 heavy (non-hydrogen) atoms. The maximum Gasteiger partial charge on any atom is 2.00 e. The molecule has 0 aliphatic heterocycles. The first-order chi connectivity index (χ1) is 36.2. The largest absolute Gasteiger partial charge is 2.00 e. The topological polar surface area (TPSA) is 133 Å². The van der Waals surface area contributed by atoms with E-state index in [2.05, 4.69) is 65.8 Å². The van der Waals surface area contributed by atoms with Gasteiger partial charge in [0.2, 0.25) is 0 Å². The molecule has 0 saturated heterocycles. The van der Waals surface area contributed by atoms with Crippen molar-refractivity contribution in [3.05, 3.63) is 109 Å². The first-order valence-corrected chi connectivity index (χ1v) is 30.0. The number of carboxylic acids is 2. The van der Waals surface area contributed by atoms with Gasteiger partial charge in [-0.25, -0.2) is 9.59 Å². The minimum absolute atomic E-state index is 0. The van der Waals surface area contributed by atoms with Crippen molar-refractivity contribution >= 4 is 47.8 Å². The van der Waals surface area contributed by atoms with Gasteiger partial charge in [-0.05, 0) is 76.3 Å². The summed E-state index contributed by atoms with van der Waals surface area (Å²) in [5, 5.41) is 22.0. The smallest absolute Gasteiger partial charge is 0.545 e. The molecule has 0 aromatic heterocycles. The Morgan fingerprint density at radius 2 is 0.587 bits per heavy atom. The Kier molecular flexibility index (Phi) is 62.1. The van der Waals surface area contributed by atoms with Crippen LogP contribution >= 0.6 is 0 Å². The van der Waals surface area contributed by atoms with E-state index in [4.69, 9.17) is 9.47 Å². The molecule has 2 aromatic rings. The molecule has 9 heteroatoms. The van der Waals surface area contributed by atoms with Gasteiger partial charge in [0, 0.05) is 11.1 Å². The fourth-order valence-corrected chi connectivity index (χ4v) is 8.07. The van der Waals surface area contributed by atoms with Crippen molar-refractivity contribution in [3.8, 4) is 0 Å². The zero-order valence-corrected chi connectivity index (χ0v) is 51.2. The zero-order chi connectivity index (χ0) is 54.8. The number of aromatic carboxylic acids is 2. The van der Waals surface area contributed by atoms with E-state index in [-0.39, 0.29) is 46.2 Å². The number of hydrogen-bond acceptors (Lipinski definition) is 8. The van der Waals surface area contributed by atoms with Crippen LogP contribution in [0.25, 0.3) is 0 Å². The van der Waals surface area contributed by atoms with E-state index in [9.17, 15) is 29.4 Å². The molecule has 0 N–H and O–H groups in total. The molecule has 0 spiro atoms. The minimum Gasteiger partial charge on any atom is -0.545 e. The van der Waals surface area contributed by atoms with Gasteiger partial charge in [-0.3, -0.25) is 0 Å². The number of unbranched alkanes of at least 4 members (excludes halogenated alkanes) is 32. The summed E-state index contributed by atoms with van der Waals surface area (Å²) in [6.45, 7) is 17.2. The molecular weight excluding hydrogens is 1040 g/mol. The Morgan fingerprint density at radius 3 is 0.840 bits per heavy atom. The molecule has 0 saturated carbocycles. The summed E-state index contributed by atoms with van der Waals surface area (Å²) in [7, 11) is 0. The second-order valence-corrected chi connectivity index (χ2v) is 19.6. The molecule has 0 amide bonds. The van der Waals surface area contributed by atoms with E-state index in [0.29, 0.717) is 13.2 Å². The molecule has 424 valence electrons. The number of ether oxygens (including phenoxy) is 2. The second kappa shape index (κ2) is 61.5. The molecule has 2 aromatic carbocycles. The van der Waals surface area contributed by atoms with Crippen molar-refractivity contribution in [2.75, 3.05) is 13.2 Å². The van der Waals surface area contributed by atoms with Crippen molar-refractivity contribution in [3.63, 3.8) is 0 Å². The molecule has 4 radical (unpaired) electrons. The van der Waals surface area contributed by atoms with E-state index in [1.165, 1.54) is 204 Å².